The van der Waals surface area contributed by atoms with E-state index < -0.39 is 5.97 Å². The van der Waals surface area contributed by atoms with E-state index in [9.17, 15) is 9.90 Å². The molecule has 0 spiro atoms. The van der Waals surface area contributed by atoms with Gasteiger partial charge in [-0.3, -0.25) is 4.79 Å². The minimum Gasteiger partial charge on any atom is -0.481 e. The molecule has 4 aliphatic carbocycles. The summed E-state index contributed by atoms with van der Waals surface area (Å²) in [5, 5.41) is 9.55. The lowest BCUT2D eigenvalue weighted by Crippen LogP contribution is -2.50. The van der Waals surface area contributed by atoms with Crippen LogP contribution in [0.25, 0.3) is 0 Å². The van der Waals surface area contributed by atoms with Gasteiger partial charge >= 0.3 is 5.97 Å². The van der Waals surface area contributed by atoms with Crippen molar-refractivity contribution in [2.24, 2.45) is 52.3 Å². The number of hydrogen-bond acceptors (Lipinski definition) is 1. The van der Waals surface area contributed by atoms with Gasteiger partial charge < -0.3 is 5.11 Å². The maximum atomic E-state index is 11.6. The first-order valence-electron chi connectivity index (χ1n) is 13.1. The van der Waals surface area contributed by atoms with E-state index in [1.807, 2.05) is 0 Å². The summed E-state index contributed by atoms with van der Waals surface area (Å²) < 4.78 is 0. The van der Waals surface area contributed by atoms with E-state index in [4.69, 9.17) is 0 Å². The summed E-state index contributed by atoms with van der Waals surface area (Å²) in [5.41, 5.74) is 2.32. The van der Waals surface area contributed by atoms with E-state index >= 15 is 0 Å². The molecule has 3 heteroatoms. The average molecular weight is 543 g/mol. The van der Waals surface area contributed by atoms with E-state index in [1.54, 1.807) is 0 Å². The van der Waals surface area contributed by atoms with Crippen LogP contribution in [0.2, 0.25) is 0 Å². The SMILES string of the molecule is CC(C)CCC[C@@H](C)[C@H]1CC[C@H]2[C@@H]3CC=C4CC(C(=O)O)CC[C@]4(C)[C@H]3CC[C@]12C.I. The Hall–Kier alpha value is -0.0600. The van der Waals surface area contributed by atoms with Gasteiger partial charge in [0.1, 0.15) is 0 Å². The Morgan fingerprint density at radius 1 is 1.06 bits per heavy atom. The molecule has 1 unspecified atom stereocenters. The Kier molecular flexibility index (Phi) is 7.97. The Morgan fingerprint density at radius 2 is 1.81 bits per heavy atom. The van der Waals surface area contributed by atoms with E-state index in [0.717, 1.165) is 54.8 Å². The first-order chi connectivity index (χ1) is 14.2. The van der Waals surface area contributed by atoms with Crippen LogP contribution in [0.3, 0.4) is 0 Å². The van der Waals surface area contributed by atoms with Gasteiger partial charge in [0.25, 0.3) is 0 Å². The summed E-state index contributed by atoms with van der Waals surface area (Å²) in [6, 6.07) is 0. The highest BCUT2D eigenvalue weighted by molar-refractivity contribution is 14.0. The van der Waals surface area contributed by atoms with Crippen molar-refractivity contribution in [3.63, 3.8) is 0 Å². The summed E-state index contributed by atoms with van der Waals surface area (Å²) >= 11 is 0. The van der Waals surface area contributed by atoms with E-state index in [2.05, 4.69) is 40.7 Å². The third-order valence-electron chi connectivity index (χ3n) is 10.7. The van der Waals surface area contributed by atoms with Gasteiger partial charge in [-0.2, -0.15) is 0 Å². The molecular weight excluding hydrogens is 495 g/mol. The third-order valence-corrected chi connectivity index (χ3v) is 10.7. The number of carbonyl (C=O) groups is 1. The molecule has 0 bridgehead atoms. The van der Waals surface area contributed by atoms with Gasteiger partial charge in [0.05, 0.1) is 5.92 Å². The van der Waals surface area contributed by atoms with Gasteiger partial charge in [-0.1, -0.05) is 65.5 Å². The quantitative estimate of drug-likeness (QED) is 0.271. The molecular formula is C28H47IO2. The number of carboxylic acids is 1. The molecule has 0 aromatic heterocycles. The predicted molar refractivity (Wildman–Crippen MR) is 140 cm³/mol. The van der Waals surface area contributed by atoms with Crippen LogP contribution in [0.15, 0.2) is 11.6 Å². The van der Waals surface area contributed by atoms with Crippen molar-refractivity contribution in [1.29, 1.82) is 0 Å². The molecule has 0 amide bonds. The summed E-state index contributed by atoms with van der Waals surface area (Å²) in [4.78, 5) is 11.6. The molecule has 0 aromatic carbocycles. The fourth-order valence-corrected chi connectivity index (χ4v) is 8.90. The monoisotopic (exact) mass is 542 g/mol. The van der Waals surface area contributed by atoms with Crippen LogP contribution in [0.5, 0.6) is 0 Å². The highest BCUT2D eigenvalue weighted by atomic mass is 127. The van der Waals surface area contributed by atoms with Crippen LogP contribution in [0.4, 0.5) is 0 Å². The first kappa shape index (κ1) is 25.6. The molecule has 0 aromatic rings. The van der Waals surface area contributed by atoms with E-state index in [-0.39, 0.29) is 35.3 Å². The predicted octanol–water partition coefficient (Wildman–Crippen LogP) is 8.35. The molecule has 31 heavy (non-hydrogen) atoms. The number of allylic oxidation sites excluding steroid dienone is 2. The molecule has 0 radical (unpaired) electrons. The molecule has 4 rings (SSSR count). The van der Waals surface area contributed by atoms with Crippen molar-refractivity contribution >= 4 is 29.9 Å². The smallest absolute Gasteiger partial charge is 0.306 e. The Labute approximate surface area is 208 Å². The summed E-state index contributed by atoms with van der Waals surface area (Å²) in [6.07, 6.45) is 16.4. The molecule has 4 aliphatic rings. The van der Waals surface area contributed by atoms with Gasteiger partial charge in [0, 0.05) is 0 Å². The fourth-order valence-electron chi connectivity index (χ4n) is 8.90. The van der Waals surface area contributed by atoms with Gasteiger partial charge in [-0.05, 0) is 97.7 Å². The minimum atomic E-state index is -0.582. The zero-order valence-electron chi connectivity index (χ0n) is 20.7. The van der Waals surface area contributed by atoms with Crippen LogP contribution in [-0.4, -0.2) is 11.1 Å². The largest absolute Gasteiger partial charge is 0.481 e. The molecule has 2 nitrogen and oxygen atoms in total. The molecule has 8 atom stereocenters. The number of fused-ring (bicyclic) bond motifs is 5. The average Bonchev–Trinajstić information content (AvgIpc) is 3.04. The van der Waals surface area contributed by atoms with E-state index in [0.29, 0.717) is 5.41 Å². The zero-order chi connectivity index (χ0) is 21.7. The zero-order valence-corrected chi connectivity index (χ0v) is 23.0. The molecule has 3 saturated carbocycles. The number of carboxylic acid groups (broad SMARTS) is 1. The highest BCUT2D eigenvalue weighted by Crippen LogP contribution is 2.67. The van der Waals surface area contributed by atoms with Gasteiger partial charge in [0.2, 0.25) is 0 Å². The van der Waals surface area contributed by atoms with Gasteiger partial charge in [-0.25, -0.2) is 0 Å². The minimum absolute atomic E-state index is 0. The lowest BCUT2D eigenvalue weighted by Gasteiger charge is -2.58. The molecule has 178 valence electrons. The second-order valence-corrected chi connectivity index (χ2v) is 12.6. The third kappa shape index (κ3) is 4.52. The lowest BCUT2D eigenvalue weighted by atomic mass is 9.46. The summed E-state index contributed by atoms with van der Waals surface area (Å²) in [7, 11) is 0. The normalized spacial score (nSPS) is 42.6. The second-order valence-electron chi connectivity index (χ2n) is 12.6. The van der Waals surface area contributed by atoms with Crippen LogP contribution in [0.1, 0.15) is 105 Å². The van der Waals surface area contributed by atoms with Gasteiger partial charge in [-0.15, -0.1) is 24.0 Å². The van der Waals surface area contributed by atoms with Crippen LogP contribution < -0.4 is 0 Å². The maximum absolute atomic E-state index is 11.6. The Bertz CT molecular complexity index is 684. The molecule has 0 heterocycles. The van der Waals surface area contributed by atoms with Crippen molar-refractivity contribution < 1.29 is 9.90 Å². The molecule has 0 saturated heterocycles. The molecule has 3 fully saturated rings. The molecule has 0 aliphatic heterocycles. The van der Waals surface area contributed by atoms with Crippen molar-refractivity contribution in [3.8, 4) is 0 Å². The number of rotatable bonds is 6. The summed E-state index contributed by atoms with van der Waals surface area (Å²) in [5.74, 6) is 4.41. The Balaban J connectivity index is 0.00000272. The lowest BCUT2D eigenvalue weighted by molar-refractivity contribution is -0.143. The van der Waals surface area contributed by atoms with Gasteiger partial charge in [0.15, 0.2) is 0 Å². The van der Waals surface area contributed by atoms with E-state index in [1.165, 1.54) is 56.9 Å². The number of halogens is 1. The first-order valence-corrected chi connectivity index (χ1v) is 13.1. The van der Waals surface area contributed by atoms with Crippen LogP contribution >= 0.6 is 24.0 Å². The topological polar surface area (TPSA) is 37.3 Å². The highest BCUT2D eigenvalue weighted by Gasteiger charge is 2.59. The van der Waals surface area contributed by atoms with Crippen molar-refractivity contribution in [3.05, 3.63) is 11.6 Å². The molecule has 1 N–H and O–H groups in total. The van der Waals surface area contributed by atoms with Crippen molar-refractivity contribution in [2.75, 3.05) is 0 Å². The Morgan fingerprint density at radius 3 is 2.48 bits per heavy atom. The van der Waals surface area contributed by atoms with Crippen LogP contribution in [0, 0.1) is 52.3 Å². The second kappa shape index (κ2) is 9.66. The number of hydrogen-bond donors (Lipinski definition) is 1. The maximum Gasteiger partial charge on any atom is 0.306 e. The van der Waals surface area contributed by atoms with Crippen LogP contribution in [-0.2, 0) is 4.79 Å². The van der Waals surface area contributed by atoms with Crippen molar-refractivity contribution in [2.45, 2.75) is 105 Å². The van der Waals surface area contributed by atoms with Crippen molar-refractivity contribution in [1.82, 2.24) is 0 Å². The summed E-state index contributed by atoms with van der Waals surface area (Å²) in [6.45, 7) is 12.4. The fraction of sp³-hybridized carbons (Fsp3) is 0.893. The standard InChI is InChI=1S/C28H46O2.HI/c1-18(2)7-6-8-19(3)23-11-12-24-22-10-9-21-17-20(26(29)30)13-15-27(21,4)25(22)14-16-28(23,24)5;/h9,18-20,22-25H,6-8,10-17H2,1-5H3,(H,29,30);1H/t19-,20?,22+,23-,24+,25+,27+,28-;/m1./s1. The number of aliphatic carboxylic acids is 1.